The lowest BCUT2D eigenvalue weighted by Crippen LogP contribution is -2.48. The number of anilines is 1. The molecule has 2 aromatic rings. The second kappa shape index (κ2) is 10.0. The zero-order chi connectivity index (χ0) is 22.7. The molecule has 1 aliphatic carbocycles. The molecule has 170 valence electrons. The minimum absolute atomic E-state index is 0.187. The molecule has 11 heteroatoms. The minimum atomic E-state index is -0.813. The quantitative estimate of drug-likeness (QED) is 0.459. The van der Waals surface area contributed by atoms with Gasteiger partial charge in [0.25, 0.3) is 0 Å². The molecule has 3 unspecified atom stereocenters. The molecule has 1 aliphatic heterocycles. The number of tetrazole rings is 1. The van der Waals surface area contributed by atoms with Gasteiger partial charge >= 0.3 is 0 Å². The zero-order valence-electron chi connectivity index (χ0n) is 18.1. The summed E-state index contributed by atoms with van der Waals surface area (Å²) < 4.78 is 1.59. The monoisotopic (exact) mass is 474 g/mol. The van der Waals surface area contributed by atoms with Crippen molar-refractivity contribution in [3.05, 3.63) is 24.3 Å². The highest BCUT2D eigenvalue weighted by Gasteiger charge is 2.51. The van der Waals surface area contributed by atoms with Crippen molar-refractivity contribution < 1.29 is 14.4 Å². The van der Waals surface area contributed by atoms with Gasteiger partial charge in [-0.3, -0.25) is 19.3 Å². The van der Waals surface area contributed by atoms with Gasteiger partial charge in [-0.1, -0.05) is 30.7 Å². The average Bonchev–Trinajstić information content (AvgIpc) is 3.38. The molecule has 3 amide bonds. The summed E-state index contributed by atoms with van der Waals surface area (Å²) in [6, 6.07) is 6.37. The number of aromatic nitrogens is 4. The van der Waals surface area contributed by atoms with Crippen molar-refractivity contribution in [2.24, 2.45) is 11.8 Å². The SMILES string of the molecule is CSCCC(C(=O)Nc1cccc(-n2nnnc2SC)c1)N1C(=O)C2CCCCC2C1=O. The van der Waals surface area contributed by atoms with Crippen molar-refractivity contribution in [2.75, 3.05) is 23.6 Å². The molecule has 4 rings (SSSR count). The van der Waals surface area contributed by atoms with E-state index in [0.29, 0.717) is 28.7 Å². The number of benzene rings is 1. The average molecular weight is 475 g/mol. The van der Waals surface area contributed by atoms with Crippen LogP contribution in [0.3, 0.4) is 0 Å². The first-order valence-corrected chi connectivity index (χ1v) is 13.3. The Balaban J connectivity index is 1.56. The molecule has 2 aliphatic rings. The molecule has 2 heterocycles. The maximum absolute atomic E-state index is 13.3. The number of hydrogen-bond donors (Lipinski definition) is 1. The molecule has 1 saturated heterocycles. The topological polar surface area (TPSA) is 110 Å². The van der Waals surface area contributed by atoms with Crippen molar-refractivity contribution in [2.45, 2.75) is 43.3 Å². The molecule has 32 heavy (non-hydrogen) atoms. The molecular weight excluding hydrogens is 448 g/mol. The Hall–Kier alpha value is -2.40. The van der Waals surface area contributed by atoms with E-state index in [1.807, 2.05) is 18.6 Å². The predicted molar refractivity (Wildman–Crippen MR) is 124 cm³/mol. The standard InChI is InChI=1S/C21H26N6O3S2/c1-31-11-10-17(26-19(29)15-8-3-4-9-16(15)20(26)30)18(28)22-13-6-5-7-14(12-13)27-21(32-2)23-24-25-27/h5-7,12,15-17H,3-4,8-11H2,1-2H3,(H,22,28). The first-order valence-electron chi connectivity index (χ1n) is 10.6. The van der Waals surface area contributed by atoms with Crippen molar-refractivity contribution in [1.29, 1.82) is 0 Å². The number of fused-ring (bicyclic) bond motifs is 1. The fourth-order valence-corrected chi connectivity index (χ4v) is 5.40. The van der Waals surface area contributed by atoms with Gasteiger partial charge in [0.2, 0.25) is 22.9 Å². The Kier molecular flexibility index (Phi) is 7.14. The molecule has 1 aromatic heterocycles. The van der Waals surface area contributed by atoms with Crippen molar-refractivity contribution in [1.82, 2.24) is 25.1 Å². The summed E-state index contributed by atoms with van der Waals surface area (Å²) in [4.78, 5) is 40.7. The summed E-state index contributed by atoms with van der Waals surface area (Å²) in [5.74, 6) is -0.589. The number of nitrogens with zero attached hydrogens (tertiary/aromatic N) is 5. The summed E-state index contributed by atoms with van der Waals surface area (Å²) >= 11 is 3.00. The number of imide groups is 1. The first-order chi connectivity index (χ1) is 15.5. The second-order valence-electron chi connectivity index (χ2n) is 7.96. The van der Waals surface area contributed by atoms with E-state index in [1.165, 1.54) is 16.7 Å². The molecular formula is C21H26N6O3S2. The third-order valence-electron chi connectivity index (χ3n) is 6.07. The van der Waals surface area contributed by atoms with E-state index in [9.17, 15) is 14.4 Å². The maximum atomic E-state index is 13.3. The lowest BCUT2D eigenvalue weighted by molar-refractivity contribution is -0.146. The summed E-state index contributed by atoms with van der Waals surface area (Å²) in [6.45, 7) is 0. The van der Waals surface area contributed by atoms with Crippen LogP contribution in [0.2, 0.25) is 0 Å². The molecule has 1 saturated carbocycles. The molecule has 0 radical (unpaired) electrons. The van der Waals surface area contributed by atoms with Crippen LogP contribution in [0.4, 0.5) is 5.69 Å². The van der Waals surface area contributed by atoms with Gasteiger partial charge in [-0.25, -0.2) is 0 Å². The number of thioether (sulfide) groups is 2. The summed E-state index contributed by atoms with van der Waals surface area (Å²) in [5, 5.41) is 15.2. The Morgan fingerprint density at radius 1 is 1.19 bits per heavy atom. The van der Waals surface area contributed by atoms with E-state index in [4.69, 9.17) is 0 Å². The van der Waals surface area contributed by atoms with E-state index in [-0.39, 0.29) is 29.6 Å². The molecule has 0 bridgehead atoms. The van der Waals surface area contributed by atoms with Gasteiger partial charge in [-0.05, 0) is 66.2 Å². The number of nitrogens with one attached hydrogen (secondary N) is 1. The van der Waals surface area contributed by atoms with Gasteiger partial charge in [-0.2, -0.15) is 16.4 Å². The van der Waals surface area contributed by atoms with Gasteiger partial charge in [0.15, 0.2) is 0 Å². The molecule has 1 N–H and O–H groups in total. The largest absolute Gasteiger partial charge is 0.324 e. The van der Waals surface area contributed by atoms with Gasteiger partial charge < -0.3 is 5.32 Å². The van der Waals surface area contributed by atoms with Crippen LogP contribution in [0.15, 0.2) is 29.4 Å². The van der Waals surface area contributed by atoms with E-state index >= 15 is 0 Å². The van der Waals surface area contributed by atoms with Crippen molar-refractivity contribution in [3.63, 3.8) is 0 Å². The minimum Gasteiger partial charge on any atom is -0.324 e. The predicted octanol–water partition coefficient (Wildman–Crippen LogP) is 2.62. The van der Waals surface area contributed by atoms with Crippen molar-refractivity contribution in [3.8, 4) is 5.69 Å². The van der Waals surface area contributed by atoms with E-state index in [1.54, 1.807) is 34.6 Å². The van der Waals surface area contributed by atoms with Crippen LogP contribution in [0.5, 0.6) is 0 Å². The number of rotatable bonds is 8. The first kappa shape index (κ1) is 22.8. The summed E-state index contributed by atoms with van der Waals surface area (Å²) in [5.41, 5.74) is 1.26. The van der Waals surface area contributed by atoms with Gasteiger partial charge in [0, 0.05) is 5.69 Å². The van der Waals surface area contributed by atoms with Crippen LogP contribution in [-0.4, -0.2) is 67.1 Å². The molecule has 3 atom stereocenters. The third-order valence-corrected chi connectivity index (χ3v) is 7.33. The van der Waals surface area contributed by atoms with Gasteiger partial charge in [-0.15, -0.1) is 5.10 Å². The molecule has 1 aromatic carbocycles. The summed E-state index contributed by atoms with van der Waals surface area (Å²) in [6.07, 6.45) is 7.62. The number of likely N-dealkylation sites (tertiary alicyclic amines) is 1. The zero-order valence-corrected chi connectivity index (χ0v) is 19.7. The molecule has 0 spiro atoms. The van der Waals surface area contributed by atoms with Gasteiger partial charge in [0.1, 0.15) is 6.04 Å². The number of carbonyl (C=O) groups excluding carboxylic acids is 3. The Morgan fingerprint density at radius 2 is 1.91 bits per heavy atom. The Bertz CT molecular complexity index is 989. The third kappa shape index (κ3) is 4.40. The maximum Gasteiger partial charge on any atom is 0.247 e. The fraction of sp³-hybridized carbons (Fsp3) is 0.524. The van der Waals surface area contributed by atoms with E-state index in [0.717, 1.165) is 25.7 Å². The van der Waals surface area contributed by atoms with Crippen LogP contribution in [0, 0.1) is 11.8 Å². The number of carbonyl (C=O) groups is 3. The van der Waals surface area contributed by atoms with E-state index < -0.39 is 6.04 Å². The van der Waals surface area contributed by atoms with Crippen molar-refractivity contribution >= 4 is 46.9 Å². The normalized spacial score (nSPS) is 21.5. The van der Waals surface area contributed by atoms with Crippen LogP contribution in [0.25, 0.3) is 5.69 Å². The van der Waals surface area contributed by atoms with Crippen LogP contribution < -0.4 is 5.32 Å². The number of amides is 3. The number of hydrogen-bond acceptors (Lipinski definition) is 8. The van der Waals surface area contributed by atoms with Gasteiger partial charge in [0.05, 0.1) is 17.5 Å². The highest BCUT2D eigenvalue weighted by Crippen LogP contribution is 2.39. The van der Waals surface area contributed by atoms with Crippen LogP contribution in [-0.2, 0) is 14.4 Å². The highest BCUT2D eigenvalue weighted by atomic mass is 32.2. The Morgan fingerprint density at radius 3 is 2.56 bits per heavy atom. The van der Waals surface area contributed by atoms with Crippen LogP contribution in [0.1, 0.15) is 32.1 Å². The second-order valence-corrected chi connectivity index (χ2v) is 9.72. The van der Waals surface area contributed by atoms with E-state index in [2.05, 4.69) is 20.8 Å². The fourth-order valence-electron chi connectivity index (χ4n) is 4.51. The Labute approximate surface area is 195 Å². The highest BCUT2D eigenvalue weighted by molar-refractivity contribution is 7.98. The summed E-state index contributed by atoms with van der Waals surface area (Å²) in [7, 11) is 0. The smallest absolute Gasteiger partial charge is 0.247 e. The molecule has 9 nitrogen and oxygen atoms in total. The van der Waals surface area contributed by atoms with Crippen LogP contribution >= 0.6 is 23.5 Å². The molecule has 2 fully saturated rings. The lowest BCUT2D eigenvalue weighted by atomic mass is 9.81. The lowest BCUT2D eigenvalue weighted by Gasteiger charge is -2.26.